The van der Waals surface area contributed by atoms with Crippen molar-refractivity contribution < 1.29 is 0 Å². The van der Waals surface area contributed by atoms with E-state index in [9.17, 15) is 0 Å². The Kier molecular flexibility index (Phi) is 6.21. The predicted octanol–water partition coefficient (Wildman–Crippen LogP) is 3.26. The molecular weight excluding hydrogens is 316 g/mol. The van der Waals surface area contributed by atoms with E-state index in [-0.39, 0.29) is 0 Å². The van der Waals surface area contributed by atoms with Crippen LogP contribution >= 0.6 is 15.9 Å². The molecule has 1 aliphatic rings. The first-order valence-corrected chi connectivity index (χ1v) is 8.10. The van der Waals surface area contributed by atoms with Gasteiger partial charge in [0, 0.05) is 5.33 Å². The van der Waals surface area contributed by atoms with Crippen molar-refractivity contribution in [3.63, 3.8) is 0 Å². The van der Waals surface area contributed by atoms with E-state index in [2.05, 4.69) is 50.1 Å². The summed E-state index contributed by atoms with van der Waals surface area (Å²) in [7, 11) is 2.19. The lowest BCUT2D eigenvalue weighted by molar-refractivity contribution is 0.277. The molecule has 1 saturated heterocycles. The molecule has 0 spiro atoms. The summed E-state index contributed by atoms with van der Waals surface area (Å²) >= 11 is 3.40. The summed E-state index contributed by atoms with van der Waals surface area (Å²) in [6, 6.07) is 8.16. The van der Waals surface area contributed by atoms with E-state index in [0.29, 0.717) is 0 Å². The van der Waals surface area contributed by atoms with Crippen LogP contribution in [0.15, 0.2) is 36.9 Å². The van der Waals surface area contributed by atoms with Crippen LogP contribution in [0.5, 0.6) is 0 Å². The maximum absolute atomic E-state index is 4.04. The number of rotatable bonds is 2. The molecule has 1 aliphatic heterocycles. The van der Waals surface area contributed by atoms with Gasteiger partial charge in [0.2, 0.25) is 0 Å². The number of nitrogens with zero attached hydrogens (tertiary/aromatic N) is 4. The second kappa shape index (κ2) is 8.17. The number of alkyl halides is 1. The molecule has 2 heterocycles. The Morgan fingerprint density at radius 3 is 2.25 bits per heavy atom. The summed E-state index contributed by atoms with van der Waals surface area (Å²) in [6.45, 7) is 2.64. The Labute approximate surface area is 128 Å². The van der Waals surface area contributed by atoms with E-state index >= 15 is 0 Å². The Hall–Kier alpha value is -1.20. The van der Waals surface area contributed by atoms with Crippen LogP contribution in [0.4, 0.5) is 0 Å². The van der Waals surface area contributed by atoms with E-state index in [1.54, 1.807) is 11.0 Å². The number of piperidine rings is 1. The minimum atomic E-state index is 0.880. The van der Waals surface area contributed by atoms with E-state index in [1.807, 2.05) is 12.1 Å². The Bertz CT molecular complexity index is 475. The molecule has 5 heteroatoms. The molecular formula is C15H21BrN4. The first-order chi connectivity index (χ1) is 9.79. The van der Waals surface area contributed by atoms with Crippen LogP contribution in [0.3, 0.4) is 0 Å². The molecule has 0 atom stereocenters. The minimum Gasteiger partial charge on any atom is -0.306 e. The summed E-state index contributed by atoms with van der Waals surface area (Å²) in [5, 5.41) is 4.92. The van der Waals surface area contributed by atoms with Gasteiger partial charge in [0.1, 0.15) is 12.7 Å². The average molecular weight is 337 g/mol. The fourth-order valence-electron chi connectivity index (χ4n) is 2.13. The van der Waals surface area contributed by atoms with Crippen molar-refractivity contribution in [2.45, 2.75) is 24.6 Å². The first-order valence-electron chi connectivity index (χ1n) is 6.98. The maximum Gasteiger partial charge on any atom is 0.138 e. The van der Waals surface area contributed by atoms with Crippen molar-refractivity contribution >= 4 is 15.9 Å². The van der Waals surface area contributed by atoms with Gasteiger partial charge in [-0.15, -0.1) is 0 Å². The quantitative estimate of drug-likeness (QED) is 0.789. The lowest BCUT2D eigenvalue weighted by Gasteiger charge is -2.20. The van der Waals surface area contributed by atoms with E-state index in [0.717, 1.165) is 11.0 Å². The Balaban J connectivity index is 0.000000178. The highest BCUT2D eigenvalue weighted by atomic mass is 79.9. The summed E-state index contributed by atoms with van der Waals surface area (Å²) in [6.07, 6.45) is 7.48. The molecule has 1 aromatic heterocycles. The fourth-order valence-corrected chi connectivity index (χ4v) is 2.51. The van der Waals surface area contributed by atoms with Crippen LogP contribution < -0.4 is 0 Å². The van der Waals surface area contributed by atoms with Gasteiger partial charge in [0.15, 0.2) is 0 Å². The third-order valence-corrected chi connectivity index (χ3v) is 4.00. The third-order valence-electron chi connectivity index (χ3n) is 3.35. The number of likely N-dealkylation sites (tertiary alicyclic amines) is 1. The third kappa shape index (κ3) is 4.72. The number of hydrogen-bond acceptors (Lipinski definition) is 3. The van der Waals surface area contributed by atoms with E-state index in [1.165, 1.54) is 44.2 Å². The standard InChI is InChI=1S/C9H8BrN3.C6H13N/c10-5-8-1-3-9(4-2-8)13-7-11-6-12-13;1-7-5-3-2-4-6-7/h1-4,6-7H,5H2;2-6H2,1H3. The topological polar surface area (TPSA) is 34.0 Å². The van der Waals surface area contributed by atoms with Crippen LogP contribution in [-0.4, -0.2) is 39.8 Å². The molecule has 0 radical (unpaired) electrons. The number of benzene rings is 1. The molecule has 0 unspecified atom stereocenters. The molecule has 3 rings (SSSR count). The molecule has 2 aromatic rings. The van der Waals surface area contributed by atoms with Crippen molar-refractivity contribution in [3.8, 4) is 5.69 Å². The van der Waals surface area contributed by atoms with Crippen LogP contribution in [-0.2, 0) is 5.33 Å². The molecule has 1 fully saturated rings. The SMILES string of the molecule is BrCc1ccc(-n2cncn2)cc1.CN1CCCCC1. The zero-order chi connectivity index (χ0) is 14.2. The van der Waals surface area contributed by atoms with Gasteiger partial charge in [-0.1, -0.05) is 34.5 Å². The Morgan fingerprint density at radius 1 is 1.10 bits per heavy atom. The summed E-state index contributed by atoms with van der Waals surface area (Å²) in [5.41, 5.74) is 2.28. The highest BCUT2D eigenvalue weighted by Gasteiger charge is 2.02. The van der Waals surface area contributed by atoms with Crippen molar-refractivity contribution in [2.24, 2.45) is 0 Å². The highest BCUT2D eigenvalue weighted by molar-refractivity contribution is 9.08. The second-order valence-corrected chi connectivity index (χ2v) is 5.56. The van der Waals surface area contributed by atoms with E-state index < -0.39 is 0 Å². The van der Waals surface area contributed by atoms with Crippen molar-refractivity contribution in [2.75, 3.05) is 20.1 Å². The highest BCUT2D eigenvalue weighted by Crippen LogP contribution is 2.10. The van der Waals surface area contributed by atoms with Crippen molar-refractivity contribution in [1.82, 2.24) is 19.7 Å². The van der Waals surface area contributed by atoms with Gasteiger partial charge in [-0.3, -0.25) is 0 Å². The van der Waals surface area contributed by atoms with Gasteiger partial charge in [0.05, 0.1) is 5.69 Å². The number of halogens is 1. The molecule has 4 nitrogen and oxygen atoms in total. The summed E-state index contributed by atoms with van der Waals surface area (Å²) < 4.78 is 1.73. The minimum absolute atomic E-state index is 0.880. The molecule has 0 bridgehead atoms. The van der Waals surface area contributed by atoms with Gasteiger partial charge >= 0.3 is 0 Å². The molecule has 0 aliphatic carbocycles. The number of hydrogen-bond donors (Lipinski definition) is 0. The second-order valence-electron chi connectivity index (χ2n) is 5.00. The first kappa shape index (κ1) is 15.2. The molecule has 20 heavy (non-hydrogen) atoms. The maximum atomic E-state index is 4.04. The monoisotopic (exact) mass is 336 g/mol. The lowest BCUT2D eigenvalue weighted by atomic mass is 10.1. The van der Waals surface area contributed by atoms with Crippen molar-refractivity contribution in [3.05, 3.63) is 42.5 Å². The van der Waals surface area contributed by atoms with Crippen LogP contribution in [0, 0.1) is 0 Å². The van der Waals surface area contributed by atoms with E-state index in [4.69, 9.17) is 0 Å². The summed E-state index contributed by atoms with van der Waals surface area (Å²) in [4.78, 5) is 6.28. The fraction of sp³-hybridized carbons (Fsp3) is 0.467. The van der Waals surface area contributed by atoms with Gasteiger partial charge in [-0.05, 0) is 50.7 Å². The van der Waals surface area contributed by atoms with Gasteiger partial charge < -0.3 is 4.90 Å². The normalized spacial score (nSPS) is 15.5. The lowest BCUT2D eigenvalue weighted by Crippen LogP contribution is -2.24. The Morgan fingerprint density at radius 2 is 1.80 bits per heavy atom. The summed E-state index contributed by atoms with van der Waals surface area (Å²) in [5.74, 6) is 0. The zero-order valence-electron chi connectivity index (χ0n) is 11.9. The van der Waals surface area contributed by atoms with Gasteiger partial charge in [-0.2, -0.15) is 5.10 Å². The molecule has 108 valence electrons. The largest absolute Gasteiger partial charge is 0.306 e. The van der Waals surface area contributed by atoms with Crippen LogP contribution in [0.2, 0.25) is 0 Å². The molecule has 0 amide bonds. The molecule has 0 saturated carbocycles. The van der Waals surface area contributed by atoms with Crippen LogP contribution in [0.25, 0.3) is 5.69 Å². The number of aromatic nitrogens is 3. The smallest absolute Gasteiger partial charge is 0.138 e. The average Bonchev–Trinajstić information content (AvgIpc) is 3.03. The molecule has 0 N–H and O–H groups in total. The van der Waals surface area contributed by atoms with Crippen molar-refractivity contribution in [1.29, 1.82) is 0 Å². The van der Waals surface area contributed by atoms with Crippen LogP contribution in [0.1, 0.15) is 24.8 Å². The van der Waals surface area contributed by atoms with Gasteiger partial charge in [-0.25, -0.2) is 9.67 Å². The van der Waals surface area contributed by atoms with Gasteiger partial charge in [0.25, 0.3) is 0 Å². The predicted molar refractivity (Wildman–Crippen MR) is 85.3 cm³/mol. The molecule has 1 aromatic carbocycles. The zero-order valence-corrected chi connectivity index (χ0v) is 13.5.